The maximum Gasteiger partial charge on any atom is 2.00 e. The van der Waals surface area contributed by atoms with E-state index in [1.807, 2.05) is 76.2 Å². The smallest absolute Gasteiger partial charge is 0.658 e. The molecule has 1 unspecified atom stereocenters. The number of aromatic nitrogens is 4. The van der Waals surface area contributed by atoms with Gasteiger partial charge in [-0.15, -0.1) is 22.1 Å². The molecule has 5 heterocycles. The summed E-state index contributed by atoms with van der Waals surface area (Å²) in [5, 5.41) is 10.9. The van der Waals surface area contributed by atoms with E-state index in [2.05, 4.69) is 0 Å². The van der Waals surface area contributed by atoms with Crippen LogP contribution in [0.2, 0.25) is 0 Å². The van der Waals surface area contributed by atoms with Crippen LogP contribution in [-0.4, -0.2) is 15.1 Å². The topological polar surface area (TPSA) is 74.2 Å². The van der Waals surface area contributed by atoms with E-state index < -0.39 is 11.5 Å². The summed E-state index contributed by atoms with van der Waals surface area (Å²) in [6.45, 7) is 8.07. The number of hydrogen-bond acceptors (Lipinski definition) is 3. The first-order valence-corrected chi connectivity index (χ1v) is 9.76. The summed E-state index contributed by atoms with van der Waals surface area (Å²) >= 11 is 0. The van der Waals surface area contributed by atoms with E-state index in [1.54, 1.807) is 0 Å². The van der Waals surface area contributed by atoms with Crippen molar-refractivity contribution in [2.24, 2.45) is 0 Å². The Kier molecular flexibility index (Phi) is 5.03. The van der Waals surface area contributed by atoms with Crippen molar-refractivity contribution in [2.45, 2.75) is 39.2 Å². The SMILES string of the molecule is Cc1c2nc(c(C)c3ccc(cc4nc(cc5ccc1[n-]5)C(O)C4(C)C)[n-]3)C=C2.[Zn+2]. The van der Waals surface area contributed by atoms with Crippen LogP contribution < -0.4 is 9.97 Å². The number of fused-ring (bicyclic) bond motifs is 8. The molecule has 5 nitrogen and oxygen atoms in total. The largest absolute Gasteiger partial charge is 2.00 e. The first-order valence-electron chi connectivity index (χ1n) is 9.76. The number of rotatable bonds is 0. The molecule has 3 aromatic heterocycles. The van der Waals surface area contributed by atoms with Gasteiger partial charge in [0.2, 0.25) is 0 Å². The summed E-state index contributed by atoms with van der Waals surface area (Å²) in [6.07, 6.45) is 3.35. The molecule has 0 aliphatic carbocycles. The van der Waals surface area contributed by atoms with Gasteiger partial charge in [0, 0.05) is 11.1 Å². The van der Waals surface area contributed by atoms with E-state index in [4.69, 9.17) is 19.9 Å². The second-order valence-electron chi connectivity index (χ2n) is 8.31. The van der Waals surface area contributed by atoms with Crippen LogP contribution in [0.25, 0.3) is 34.2 Å². The molecule has 8 bridgehead atoms. The molecule has 30 heavy (non-hydrogen) atoms. The molecule has 2 aliphatic rings. The van der Waals surface area contributed by atoms with Gasteiger partial charge in [0.1, 0.15) is 6.10 Å². The Morgan fingerprint density at radius 1 is 0.833 bits per heavy atom. The minimum Gasteiger partial charge on any atom is -0.658 e. The quantitative estimate of drug-likeness (QED) is 0.405. The molecule has 1 N–H and O–H groups in total. The second-order valence-corrected chi connectivity index (χ2v) is 8.31. The standard InChI is InChI=1S/C24H22N4O.Zn/c1-13-17-7-5-15(25-17)11-21-23(29)24(3,4)22(28-21)12-16-6-8-18(26-16)14(2)20-10-9-19(13)27-20;/h5-12,23,29H,1-4H3;/q-2;+2. The van der Waals surface area contributed by atoms with Crippen LogP contribution in [0.3, 0.4) is 0 Å². The third-order valence-electron chi connectivity index (χ3n) is 5.95. The van der Waals surface area contributed by atoms with Crippen LogP contribution in [-0.2, 0) is 24.9 Å². The van der Waals surface area contributed by atoms with Gasteiger partial charge in [-0.3, -0.25) is 4.98 Å². The molecule has 0 aromatic carbocycles. The zero-order valence-corrected chi connectivity index (χ0v) is 20.6. The predicted molar refractivity (Wildman–Crippen MR) is 115 cm³/mol. The molecular formula is C24H22N4OZn. The van der Waals surface area contributed by atoms with Crippen molar-refractivity contribution < 1.29 is 24.6 Å². The number of nitrogens with zero attached hydrogens (tertiary/aromatic N) is 4. The van der Waals surface area contributed by atoms with Gasteiger partial charge in [0.05, 0.1) is 17.1 Å². The van der Waals surface area contributed by atoms with Gasteiger partial charge in [-0.1, -0.05) is 50.2 Å². The molecule has 1 atom stereocenters. The molecule has 5 rings (SSSR count). The molecule has 0 amide bonds. The molecule has 6 heteroatoms. The zero-order chi connectivity index (χ0) is 20.3. The van der Waals surface area contributed by atoms with Gasteiger partial charge in [0.25, 0.3) is 0 Å². The maximum atomic E-state index is 10.9. The monoisotopic (exact) mass is 446 g/mol. The summed E-state index contributed by atoms with van der Waals surface area (Å²) in [6, 6.07) is 11.7. The Hall–Kier alpha value is -2.56. The van der Waals surface area contributed by atoms with Crippen LogP contribution >= 0.6 is 0 Å². The van der Waals surface area contributed by atoms with Crippen molar-refractivity contribution in [2.75, 3.05) is 0 Å². The molecule has 0 saturated carbocycles. The Morgan fingerprint density at radius 2 is 1.37 bits per heavy atom. The van der Waals surface area contributed by atoms with E-state index in [-0.39, 0.29) is 19.5 Å². The number of aliphatic hydroxyl groups is 1. The summed E-state index contributed by atoms with van der Waals surface area (Å²) in [4.78, 5) is 19.0. The van der Waals surface area contributed by atoms with Gasteiger partial charge >= 0.3 is 19.5 Å². The van der Waals surface area contributed by atoms with Crippen LogP contribution in [0.4, 0.5) is 0 Å². The van der Waals surface area contributed by atoms with Crippen LogP contribution in [0.1, 0.15) is 53.9 Å². The van der Waals surface area contributed by atoms with Crippen molar-refractivity contribution in [3.63, 3.8) is 0 Å². The summed E-state index contributed by atoms with van der Waals surface area (Å²) < 4.78 is 0. The Morgan fingerprint density at radius 3 is 1.93 bits per heavy atom. The van der Waals surface area contributed by atoms with Crippen molar-refractivity contribution in [1.29, 1.82) is 0 Å². The van der Waals surface area contributed by atoms with E-state index in [0.29, 0.717) is 5.69 Å². The third kappa shape index (κ3) is 3.25. The van der Waals surface area contributed by atoms with Crippen molar-refractivity contribution in [1.82, 2.24) is 19.9 Å². The maximum absolute atomic E-state index is 10.9. The van der Waals surface area contributed by atoms with E-state index in [0.717, 1.165) is 50.3 Å². The average Bonchev–Trinajstić information content (AvgIpc) is 3.46. The van der Waals surface area contributed by atoms with E-state index in [9.17, 15) is 5.11 Å². The third-order valence-corrected chi connectivity index (χ3v) is 5.95. The Balaban J connectivity index is 0.00000218. The number of hydrogen-bond donors (Lipinski definition) is 1. The number of aryl methyl sites for hydroxylation is 2. The Bertz CT molecular complexity index is 1330. The van der Waals surface area contributed by atoms with Gasteiger partial charge in [-0.2, -0.15) is 0 Å². The van der Waals surface area contributed by atoms with Crippen molar-refractivity contribution in [3.05, 3.63) is 70.3 Å². The molecular weight excluding hydrogens is 426 g/mol. The normalized spacial score (nSPS) is 17.0. The fourth-order valence-electron chi connectivity index (χ4n) is 3.85. The zero-order valence-electron chi connectivity index (χ0n) is 17.6. The van der Waals surface area contributed by atoms with E-state index in [1.165, 1.54) is 0 Å². The predicted octanol–water partition coefficient (Wildman–Crippen LogP) is 4.37. The summed E-state index contributed by atoms with van der Waals surface area (Å²) in [5.41, 5.74) is 8.18. The van der Waals surface area contributed by atoms with Crippen LogP contribution in [0, 0.1) is 13.8 Å². The van der Waals surface area contributed by atoms with E-state index >= 15 is 0 Å². The minimum absolute atomic E-state index is 0. The minimum atomic E-state index is -0.698. The molecule has 2 aliphatic heterocycles. The van der Waals surface area contributed by atoms with Gasteiger partial charge in [-0.05, 0) is 37.1 Å². The van der Waals surface area contributed by atoms with Crippen molar-refractivity contribution in [3.8, 4) is 0 Å². The van der Waals surface area contributed by atoms with Crippen LogP contribution in [0.15, 0.2) is 36.4 Å². The molecule has 0 saturated heterocycles. The number of aliphatic hydroxyl groups excluding tert-OH is 1. The van der Waals surface area contributed by atoms with Crippen LogP contribution in [0.5, 0.6) is 0 Å². The van der Waals surface area contributed by atoms with Gasteiger partial charge in [0.15, 0.2) is 0 Å². The molecule has 0 fully saturated rings. The first kappa shape index (κ1) is 20.7. The fraction of sp³-hybridized carbons (Fsp3) is 0.250. The van der Waals surface area contributed by atoms with Crippen molar-refractivity contribution >= 4 is 34.2 Å². The molecule has 3 aromatic rings. The molecule has 146 valence electrons. The fourth-order valence-corrected chi connectivity index (χ4v) is 3.85. The summed E-state index contributed by atoms with van der Waals surface area (Å²) in [7, 11) is 0. The Labute approximate surface area is 188 Å². The first-order chi connectivity index (χ1) is 13.8. The molecule has 0 spiro atoms. The second kappa shape index (κ2) is 7.29. The van der Waals surface area contributed by atoms with Gasteiger partial charge in [-0.25, -0.2) is 4.98 Å². The average molecular weight is 448 g/mol. The molecule has 0 radical (unpaired) electrons. The van der Waals surface area contributed by atoms with Gasteiger partial charge < -0.3 is 15.1 Å². The summed E-state index contributed by atoms with van der Waals surface area (Å²) in [5.74, 6) is 0.